The molecule has 0 atom stereocenters. The van der Waals surface area contributed by atoms with Crippen molar-refractivity contribution in [2.24, 2.45) is 0 Å². The van der Waals surface area contributed by atoms with Crippen LogP contribution >= 0.6 is 11.3 Å². The van der Waals surface area contributed by atoms with Crippen LogP contribution in [-0.4, -0.2) is 20.9 Å². The average molecular weight is 372 g/mol. The van der Waals surface area contributed by atoms with E-state index in [2.05, 4.69) is 20.3 Å². The Kier molecular flexibility index (Phi) is 4.98. The fourth-order valence-corrected chi connectivity index (χ4v) is 3.65. The lowest BCUT2D eigenvalue weighted by atomic mass is 9.90. The van der Waals surface area contributed by atoms with Crippen LogP contribution in [0.2, 0.25) is 0 Å². The fraction of sp³-hybridized carbons (Fsp3) is 0.0476. The van der Waals surface area contributed by atoms with E-state index in [0.29, 0.717) is 5.13 Å². The van der Waals surface area contributed by atoms with Crippen LogP contribution in [0.5, 0.6) is 0 Å². The van der Waals surface area contributed by atoms with Crippen molar-refractivity contribution in [2.75, 3.05) is 5.32 Å². The van der Waals surface area contributed by atoms with Gasteiger partial charge >= 0.3 is 0 Å². The fourth-order valence-electron chi connectivity index (χ4n) is 2.86. The summed E-state index contributed by atoms with van der Waals surface area (Å²) in [5.74, 6) is -0.516. The first-order valence-electron chi connectivity index (χ1n) is 8.43. The molecule has 0 saturated heterocycles. The summed E-state index contributed by atoms with van der Waals surface area (Å²) >= 11 is 1.40. The number of hydrogen-bond donors (Lipinski definition) is 1. The molecule has 0 spiro atoms. The summed E-state index contributed by atoms with van der Waals surface area (Å²) in [5.41, 5.74) is 2.75. The Morgan fingerprint density at radius 3 is 2.04 bits per heavy atom. The van der Waals surface area contributed by atoms with Crippen LogP contribution in [0.25, 0.3) is 10.4 Å². The van der Waals surface area contributed by atoms with E-state index < -0.39 is 5.92 Å². The molecule has 2 aromatic carbocycles. The lowest BCUT2D eigenvalue weighted by Crippen LogP contribution is -2.22. The van der Waals surface area contributed by atoms with Gasteiger partial charge in [-0.3, -0.25) is 4.79 Å². The number of anilines is 1. The zero-order valence-corrected chi connectivity index (χ0v) is 15.1. The Morgan fingerprint density at radius 1 is 0.852 bits per heavy atom. The van der Waals surface area contributed by atoms with Crippen LogP contribution < -0.4 is 5.32 Å². The van der Waals surface area contributed by atoms with Gasteiger partial charge in [0.2, 0.25) is 5.91 Å². The van der Waals surface area contributed by atoms with Crippen molar-refractivity contribution in [3.63, 3.8) is 0 Å². The molecule has 2 aromatic heterocycles. The van der Waals surface area contributed by atoms with Crippen LogP contribution in [0.1, 0.15) is 17.0 Å². The van der Waals surface area contributed by atoms with E-state index in [1.54, 1.807) is 18.6 Å². The van der Waals surface area contributed by atoms with Gasteiger partial charge < -0.3 is 5.32 Å². The highest BCUT2D eigenvalue weighted by Crippen LogP contribution is 2.30. The SMILES string of the molecule is O=C(Nc1ncc(-c2cncnc2)s1)C(c1ccccc1)c1ccccc1. The molecule has 4 rings (SSSR count). The second kappa shape index (κ2) is 7.88. The predicted octanol–water partition coefficient (Wildman–Crippen LogP) is 4.37. The minimum absolute atomic E-state index is 0.113. The topological polar surface area (TPSA) is 67.8 Å². The zero-order chi connectivity index (χ0) is 18.5. The van der Waals surface area contributed by atoms with Gasteiger partial charge in [0.15, 0.2) is 5.13 Å². The lowest BCUT2D eigenvalue weighted by Gasteiger charge is -2.17. The van der Waals surface area contributed by atoms with Crippen molar-refractivity contribution in [3.8, 4) is 10.4 Å². The molecule has 0 fully saturated rings. The summed E-state index contributed by atoms with van der Waals surface area (Å²) in [7, 11) is 0. The highest BCUT2D eigenvalue weighted by atomic mass is 32.1. The molecule has 1 amide bonds. The molecule has 0 aliphatic rings. The summed E-state index contributed by atoms with van der Waals surface area (Å²) in [5, 5.41) is 3.51. The van der Waals surface area contributed by atoms with Gasteiger partial charge in [0.1, 0.15) is 6.33 Å². The van der Waals surface area contributed by atoms with Crippen LogP contribution in [0.15, 0.2) is 85.6 Å². The van der Waals surface area contributed by atoms with E-state index in [0.717, 1.165) is 21.6 Å². The maximum atomic E-state index is 13.1. The second-order valence-electron chi connectivity index (χ2n) is 5.90. The average Bonchev–Trinajstić information content (AvgIpc) is 3.19. The molecule has 0 aliphatic heterocycles. The number of amides is 1. The van der Waals surface area contributed by atoms with Crippen molar-refractivity contribution in [3.05, 3.63) is 96.7 Å². The molecule has 0 saturated carbocycles. The smallest absolute Gasteiger partial charge is 0.238 e. The molecule has 0 bridgehead atoms. The molecule has 6 heteroatoms. The first-order valence-corrected chi connectivity index (χ1v) is 9.25. The van der Waals surface area contributed by atoms with E-state index in [1.165, 1.54) is 17.7 Å². The first-order chi connectivity index (χ1) is 13.3. The van der Waals surface area contributed by atoms with Crippen LogP contribution in [-0.2, 0) is 4.79 Å². The summed E-state index contributed by atoms with van der Waals surface area (Å²) in [4.78, 5) is 26.4. The van der Waals surface area contributed by atoms with Gasteiger partial charge in [-0.25, -0.2) is 15.0 Å². The van der Waals surface area contributed by atoms with E-state index in [-0.39, 0.29) is 5.91 Å². The number of nitrogens with one attached hydrogen (secondary N) is 1. The van der Waals surface area contributed by atoms with Crippen molar-refractivity contribution in [1.29, 1.82) is 0 Å². The number of aromatic nitrogens is 3. The monoisotopic (exact) mass is 372 g/mol. The number of carbonyl (C=O) groups is 1. The third kappa shape index (κ3) is 3.91. The number of thiazole rings is 1. The van der Waals surface area contributed by atoms with E-state index in [1.807, 2.05) is 60.7 Å². The lowest BCUT2D eigenvalue weighted by molar-refractivity contribution is -0.116. The third-order valence-corrected chi connectivity index (χ3v) is 5.07. The van der Waals surface area contributed by atoms with Crippen molar-refractivity contribution in [2.45, 2.75) is 5.92 Å². The summed E-state index contributed by atoms with van der Waals surface area (Å²) in [6.45, 7) is 0. The standard InChI is InChI=1S/C21H16N4OS/c26-20(25-21-24-13-18(27-21)17-11-22-14-23-12-17)19(15-7-3-1-4-8-15)16-9-5-2-6-10-16/h1-14,19H,(H,24,25,26). The van der Waals surface area contributed by atoms with Gasteiger partial charge in [0.25, 0.3) is 0 Å². The molecule has 132 valence electrons. The zero-order valence-electron chi connectivity index (χ0n) is 14.3. The normalized spacial score (nSPS) is 10.7. The summed E-state index contributed by atoms with van der Waals surface area (Å²) in [6, 6.07) is 19.5. The van der Waals surface area contributed by atoms with Gasteiger partial charge in [-0.15, -0.1) is 0 Å². The molecule has 0 radical (unpaired) electrons. The Hall–Kier alpha value is -3.38. The molecule has 0 unspecified atom stereocenters. The maximum Gasteiger partial charge on any atom is 0.238 e. The minimum Gasteiger partial charge on any atom is -0.301 e. The summed E-state index contributed by atoms with van der Waals surface area (Å²) in [6.07, 6.45) is 6.66. The number of benzene rings is 2. The van der Waals surface area contributed by atoms with E-state index in [9.17, 15) is 4.79 Å². The van der Waals surface area contributed by atoms with Gasteiger partial charge in [0.05, 0.1) is 10.8 Å². The van der Waals surface area contributed by atoms with Crippen molar-refractivity contribution >= 4 is 22.4 Å². The number of hydrogen-bond acceptors (Lipinski definition) is 5. The molecule has 27 heavy (non-hydrogen) atoms. The molecular formula is C21H16N4OS. The Balaban J connectivity index is 1.61. The van der Waals surface area contributed by atoms with Crippen LogP contribution in [0, 0.1) is 0 Å². The highest BCUT2D eigenvalue weighted by Gasteiger charge is 2.23. The van der Waals surface area contributed by atoms with Gasteiger partial charge in [-0.05, 0) is 11.1 Å². The largest absolute Gasteiger partial charge is 0.301 e. The van der Waals surface area contributed by atoms with Gasteiger partial charge in [0, 0.05) is 24.2 Å². The third-order valence-electron chi connectivity index (χ3n) is 4.11. The van der Waals surface area contributed by atoms with Gasteiger partial charge in [-0.2, -0.15) is 0 Å². The van der Waals surface area contributed by atoms with Gasteiger partial charge in [-0.1, -0.05) is 72.0 Å². The Labute approximate surface area is 160 Å². The number of nitrogens with zero attached hydrogens (tertiary/aromatic N) is 3. The van der Waals surface area contributed by atoms with E-state index in [4.69, 9.17) is 0 Å². The predicted molar refractivity (Wildman–Crippen MR) is 106 cm³/mol. The second-order valence-corrected chi connectivity index (χ2v) is 6.93. The highest BCUT2D eigenvalue weighted by molar-refractivity contribution is 7.19. The number of carbonyl (C=O) groups excluding carboxylic acids is 1. The molecule has 2 heterocycles. The van der Waals surface area contributed by atoms with Crippen LogP contribution in [0.3, 0.4) is 0 Å². The molecular weight excluding hydrogens is 356 g/mol. The molecule has 1 N–H and O–H groups in total. The first kappa shape index (κ1) is 17.1. The molecule has 5 nitrogen and oxygen atoms in total. The molecule has 0 aliphatic carbocycles. The molecule has 4 aromatic rings. The maximum absolute atomic E-state index is 13.1. The number of rotatable bonds is 5. The Morgan fingerprint density at radius 2 is 1.44 bits per heavy atom. The quantitative estimate of drug-likeness (QED) is 0.565. The van der Waals surface area contributed by atoms with E-state index >= 15 is 0 Å². The van der Waals surface area contributed by atoms with Crippen molar-refractivity contribution < 1.29 is 4.79 Å². The minimum atomic E-state index is -0.403. The summed E-state index contributed by atoms with van der Waals surface area (Å²) < 4.78 is 0. The van der Waals surface area contributed by atoms with Crippen LogP contribution in [0.4, 0.5) is 5.13 Å². The Bertz CT molecular complexity index is 980. The van der Waals surface area contributed by atoms with Crippen molar-refractivity contribution in [1.82, 2.24) is 15.0 Å².